The minimum absolute atomic E-state index is 0.0567. The van der Waals surface area contributed by atoms with Gasteiger partial charge in [-0.1, -0.05) is 20.4 Å². The number of carbonyl (C=O) groups excluding carboxylic acids is 1. The molecule has 0 aliphatic heterocycles. The van der Waals surface area contributed by atoms with Crippen LogP contribution in [-0.4, -0.2) is 47.4 Å². The lowest BCUT2D eigenvalue weighted by molar-refractivity contribution is -0.391. The van der Waals surface area contributed by atoms with Crippen LogP contribution in [0.15, 0.2) is 12.2 Å². The van der Waals surface area contributed by atoms with Gasteiger partial charge in [0.15, 0.2) is 0 Å². The maximum atomic E-state index is 11.5. The molecule has 0 fully saturated rings. The Morgan fingerprint density at radius 3 is 2.14 bits per heavy atom. The molecule has 0 aliphatic rings. The summed E-state index contributed by atoms with van der Waals surface area (Å²) in [4.78, 5) is 11.5. The minimum atomic E-state index is -1.07. The zero-order valence-electron chi connectivity index (χ0n) is 14.5. The smallest absolute Gasteiger partial charge is 0.333 e. The molecule has 22 heavy (non-hydrogen) atoms. The number of esters is 1. The maximum absolute atomic E-state index is 11.5. The first kappa shape index (κ1) is 21.3. The van der Waals surface area contributed by atoms with E-state index in [1.54, 1.807) is 6.92 Å². The lowest BCUT2D eigenvalue weighted by Gasteiger charge is -2.31. The van der Waals surface area contributed by atoms with Gasteiger partial charge in [0, 0.05) is 25.2 Å². The van der Waals surface area contributed by atoms with Crippen LogP contribution in [0.1, 0.15) is 47.5 Å². The van der Waals surface area contributed by atoms with Crippen molar-refractivity contribution < 1.29 is 28.2 Å². The molecule has 0 radical (unpaired) electrons. The third kappa shape index (κ3) is 8.05. The van der Waals surface area contributed by atoms with Gasteiger partial charge in [0.1, 0.15) is 12.5 Å². The lowest BCUT2D eigenvalue weighted by atomic mass is 10.4. The Bertz CT molecular complexity index is 328. The first-order valence-corrected chi connectivity index (χ1v) is 9.20. The average Bonchev–Trinajstić information content (AvgIpc) is 2.50. The third-order valence-corrected chi connectivity index (χ3v) is 4.42. The van der Waals surface area contributed by atoms with Crippen LogP contribution >= 0.6 is 0 Å². The molecular formula is C15H30O6Si. The second-order valence-corrected chi connectivity index (χ2v) is 6.40. The monoisotopic (exact) mass is 334 g/mol. The highest BCUT2D eigenvalue weighted by Gasteiger charge is 2.30. The highest BCUT2D eigenvalue weighted by Crippen LogP contribution is 2.19. The summed E-state index contributed by atoms with van der Waals surface area (Å²) in [5.41, 5.74) is 0.199. The summed E-state index contributed by atoms with van der Waals surface area (Å²) in [5, 5.41) is 0. The fourth-order valence-corrected chi connectivity index (χ4v) is 2.57. The molecule has 0 saturated heterocycles. The summed E-state index contributed by atoms with van der Waals surface area (Å²) in [6.45, 7) is 13.9. The van der Waals surface area contributed by atoms with Gasteiger partial charge < -0.3 is 23.4 Å². The van der Waals surface area contributed by atoms with E-state index in [-0.39, 0.29) is 18.5 Å². The van der Waals surface area contributed by atoms with Crippen LogP contribution in [-0.2, 0) is 28.2 Å². The molecule has 0 N–H and O–H groups in total. The van der Waals surface area contributed by atoms with E-state index in [2.05, 4.69) is 6.58 Å². The van der Waals surface area contributed by atoms with Crippen molar-refractivity contribution in [2.45, 2.75) is 59.2 Å². The molecule has 0 bridgehead atoms. The topological polar surface area (TPSA) is 63.2 Å². The number of hydrogen-bond acceptors (Lipinski definition) is 6. The average molecular weight is 334 g/mol. The van der Waals surface area contributed by atoms with Gasteiger partial charge in [-0.05, 0) is 27.2 Å². The van der Waals surface area contributed by atoms with Crippen molar-refractivity contribution >= 4 is 15.7 Å². The Morgan fingerprint density at radius 1 is 1.14 bits per heavy atom. The molecule has 0 aromatic heterocycles. The Morgan fingerprint density at radius 2 is 1.73 bits per heavy atom. The first-order chi connectivity index (χ1) is 10.4. The van der Waals surface area contributed by atoms with Crippen molar-refractivity contribution in [1.82, 2.24) is 0 Å². The van der Waals surface area contributed by atoms with Crippen LogP contribution in [0.3, 0.4) is 0 Å². The quantitative estimate of drug-likeness (QED) is 0.169. The van der Waals surface area contributed by atoms with Crippen molar-refractivity contribution in [3.8, 4) is 0 Å². The van der Waals surface area contributed by atoms with Gasteiger partial charge in [-0.15, -0.1) is 0 Å². The largest absolute Gasteiger partial charge is 0.461 e. The molecule has 0 rings (SSSR count). The molecule has 0 aromatic carbocycles. The standard InChI is InChI=1S/C15H30O6Si/c1-7-13(21-14(16)12(5)6)22-20-11-19-15(8-2,17-9-3)18-10-4/h13H,5,7-11,22H2,1-4,6H3. The van der Waals surface area contributed by atoms with Gasteiger partial charge in [-0.2, -0.15) is 0 Å². The molecule has 0 spiro atoms. The normalized spacial score (nSPS) is 13.5. The number of carbonyl (C=O) groups is 1. The van der Waals surface area contributed by atoms with Crippen LogP contribution in [0.25, 0.3) is 0 Å². The van der Waals surface area contributed by atoms with Crippen molar-refractivity contribution in [1.29, 1.82) is 0 Å². The maximum Gasteiger partial charge on any atom is 0.333 e. The predicted octanol–water partition coefficient (Wildman–Crippen LogP) is 2.05. The molecule has 0 amide bonds. The highest BCUT2D eigenvalue weighted by molar-refractivity contribution is 6.29. The first-order valence-electron chi connectivity index (χ1n) is 7.80. The van der Waals surface area contributed by atoms with E-state index in [1.807, 2.05) is 27.7 Å². The predicted molar refractivity (Wildman–Crippen MR) is 86.8 cm³/mol. The third-order valence-electron chi connectivity index (χ3n) is 2.90. The fourth-order valence-electron chi connectivity index (χ4n) is 1.67. The van der Waals surface area contributed by atoms with Crippen LogP contribution in [0, 0.1) is 0 Å². The molecule has 0 saturated carbocycles. The number of ether oxygens (including phenoxy) is 4. The van der Waals surface area contributed by atoms with Crippen LogP contribution < -0.4 is 0 Å². The summed E-state index contributed by atoms with van der Waals surface area (Å²) < 4.78 is 27.6. The van der Waals surface area contributed by atoms with Crippen molar-refractivity contribution in [2.75, 3.05) is 20.0 Å². The lowest BCUT2D eigenvalue weighted by Crippen LogP contribution is -2.40. The van der Waals surface area contributed by atoms with E-state index >= 15 is 0 Å². The van der Waals surface area contributed by atoms with Gasteiger partial charge in [0.05, 0.1) is 0 Å². The second kappa shape index (κ2) is 11.8. The second-order valence-electron chi connectivity index (χ2n) is 4.75. The van der Waals surface area contributed by atoms with Crippen molar-refractivity contribution in [3.05, 3.63) is 12.2 Å². The van der Waals surface area contributed by atoms with Crippen LogP contribution in [0.2, 0.25) is 0 Å². The molecule has 6 nitrogen and oxygen atoms in total. The molecule has 1 atom stereocenters. The molecule has 0 heterocycles. The van der Waals surface area contributed by atoms with E-state index < -0.39 is 15.7 Å². The van der Waals surface area contributed by atoms with Crippen molar-refractivity contribution in [2.24, 2.45) is 0 Å². The molecular weight excluding hydrogens is 304 g/mol. The van der Waals surface area contributed by atoms with Crippen LogP contribution in [0.4, 0.5) is 0 Å². The van der Waals surface area contributed by atoms with Gasteiger partial charge >= 0.3 is 5.97 Å². The highest BCUT2D eigenvalue weighted by atomic mass is 28.2. The summed E-state index contributed by atoms with van der Waals surface area (Å²) in [7, 11) is -1.07. The van der Waals surface area contributed by atoms with Crippen LogP contribution in [0.5, 0.6) is 0 Å². The van der Waals surface area contributed by atoms with E-state index in [4.69, 9.17) is 23.4 Å². The van der Waals surface area contributed by atoms with E-state index in [0.29, 0.717) is 31.6 Å². The van der Waals surface area contributed by atoms with Gasteiger partial charge in [0.25, 0.3) is 5.97 Å². The molecule has 0 aliphatic carbocycles. The summed E-state index contributed by atoms with van der Waals surface area (Å²) in [6.07, 6.45) is 1.27. The van der Waals surface area contributed by atoms with Gasteiger partial charge in [0.2, 0.25) is 9.76 Å². The Labute approximate surface area is 136 Å². The molecule has 130 valence electrons. The van der Waals surface area contributed by atoms with E-state index in [0.717, 1.165) is 0 Å². The zero-order valence-corrected chi connectivity index (χ0v) is 15.9. The Balaban J connectivity index is 4.24. The zero-order chi connectivity index (χ0) is 17.0. The van der Waals surface area contributed by atoms with E-state index in [9.17, 15) is 4.79 Å². The van der Waals surface area contributed by atoms with E-state index in [1.165, 1.54) is 0 Å². The van der Waals surface area contributed by atoms with Gasteiger partial charge in [-0.25, -0.2) is 4.79 Å². The van der Waals surface area contributed by atoms with Crippen molar-refractivity contribution in [3.63, 3.8) is 0 Å². The SMILES string of the molecule is C=C(C)C(=O)OC(CC)[SiH2]OCOC(CC)(OCC)OCC. The summed E-state index contributed by atoms with van der Waals surface area (Å²) in [6, 6.07) is 0. The fraction of sp³-hybridized carbons (Fsp3) is 0.800. The summed E-state index contributed by atoms with van der Waals surface area (Å²) in [5.74, 6) is -1.44. The number of hydrogen-bond donors (Lipinski definition) is 0. The molecule has 7 heteroatoms. The molecule has 0 aromatic rings. The molecule has 1 unspecified atom stereocenters. The Hall–Kier alpha value is -0.733. The summed E-state index contributed by atoms with van der Waals surface area (Å²) >= 11 is 0. The van der Waals surface area contributed by atoms with Gasteiger partial charge in [-0.3, -0.25) is 0 Å². The minimum Gasteiger partial charge on any atom is -0.461 e. The number of rotatable bonds is 13. The Kier molecular flexibility index (Phi) is 11.4.